The SMILES string of the molecule is OC(c1cccc(F)c1)c1cccc(C(F)(F)F)c1F. The normalized spacial score (nSPS) is 13.3. The molecule has 0 saturated heterocycles. The van der Waals surface area contributed by atoms with E-state index < -0.39 is 35.0 Å². The zero-order valence-electron chi connectivity index (χ0n) is 9.96. The fourth-order valence-corrected chi connectivity index (χ4v) is 1.84. The van der Waals surface area contributed by atoms with Gasteiger partial charge in [-0.05, 0) is 23.8 Å². The minimum absolute atomic E-state index is 0.0248. The lowest BCUT2D eigenvalue weighted by Crippen LogP contribution is -2.12. The van der Waals surface area contributed by atoms with E-state index in [0.717, 1.165) is 24.3 Å². The predicted octanol–water partition coefficient (Wildman–Crippen LogP) is 4.07. The van der Waals surface area contributed by atoms with Crippen molar-refractivity contribution in [2.45, 2.75) is 12.3 Å². The van der Waals surface area contributed by atoms with Crippen LogP contribution in [-0.2, 0) is 6.18 Å². The summed E-state index contributed by atoms with van der Waals surface area (Å²) in [7, 11) is 0. The van der Waals surface area contributed by atoms with Gasteiger partial charge in [-0.3, -0.25) is 0 Å². The standard InChI is InChI=1S/C14H9F5O/c15-9-4-1-3-8(7-9)13(20)10-5-2-6-11(12(10)16)14(17,18)19/h1-7,13,20H. The number of benzene rings is 2. The maximum Gasteiger partial charge on any atom is 0.419 e. The molecule has 6 heteroatoms. The molecular weight excluding hydrogens is 279 g/mol. The van der Waals surface area contributed by atoms with Crippen molar-refractivity contribution in [3.05, 3.63) is 70.8 Å². The van der Waals surface area contributed by atoms with Gasteiger partial charge < -0.3 is 5.11 Å². The molecule has 0 aliphatic rings. The van der Waals surface area contributed by atoms with E-state index in [-0.39, 0.29) is 5.56 Å². The number of hydrogen-bond acceptors (Lipinski definition) is 1. The third-order valence-corrected chi connectivity index (χ3v) is 2.79. The van der Waals surface area contributed by atoms with Gasteiger partial charge in [-0.15, -0.1) is 0 Å². The largest absolute Gasteiger partial charge is 0.419 e. The first-order valence-corrected chi connectivity index (χ1v) is 5.60. The predicted molar refractivity (Wildman–Crippen MR) is 61.9 cm³/mol. The summed E-state index contributed by atoms with van der Waals surface area (Å²) in [6.07, 6.45) is -6.53. The summed E-state index contributed by atoms with van der Waals surface area (Å²) in [5.74, 6) is -2.23. The van der Waals surface area contributed by atoms with Crippen LogP contribution < -0.4 is 0 Å². The maximum absolute atomic E-state index is 13.8. The van der Waals surface area contributed by atoms with E-state index in [4.69, 9.17) is 0 Å². The summed E-state index contributed by atoms with van der Waals surface area (Å²) in [5, 5.41) is 9.91. The molecule has 0 fully saturated rings. The van der Waals surface area contributed by atoms with Crippen LogP contribution in [0.15, 0.2) is 42.5 Å². The van der Waals surface area contributed by atoms with E-state index in [1.54, 1.807) is 0 Å². The van der Waals surface area contributed by atoms with Crippen LogP contribution in [0.4, 0.5) is 22.0 Å². The minimum atomic E-state index is -4.86. The Bertz CT molecular complexity index is 621. The van der Waals surface area contributed by atoms with E-state index in [1.165, 1.54) is 12.1 Å². The van der Waals surface area contributed by atoms with Crippen LogP contribution in [0.3, 0.4) is 0 Å². The van der Waals surface area contributed by atoms with E-state index >= 15 is 0 Å². The van der Waals surface area contributed by atoms with Crippen LogP contribution in [0.5, 0.6) is 0 Å². The number of halogens is 5. The highest BCUT2D eigenvalue weighted by molar-refractivity contribution is 5.35. The molecule has 20 heavy (non-hydrogen) atoms. The third kappa shape index (κ3) is 2.80. The smallest absolute Gasteiger partial charge is 0.384 e. The molecule has 106 valence electrons. The summed E-state index contributed by atoms with van der Waals surface area (Å²) >= 11 is 0. The van der Waals surface area contributed by atoms with Crippen molar-refractivity contribution in [3.8, 4) is 0 Å². The maximum atomic E-state index is 13.8. The molecule has 2 aromatic rings. The van der Waals surface area contributed by atoms with Gasteiger partial charge in [0.2, 0.25) is 0 Å². The summed E-state index contributed by atoms with van der Waals surface area (Å²) in [4.78, 5) is 0. The topological polar surface area (TPSA) is 20.2 Å². The molecule has 1 unspecified atom stereocenters. The Morgan fingerprint density at radius 3 is 2.20 bits per heavy atom. The van der Waals surface area contributed by atoms with E-state index in [2.05, 4.69) is 0 Å². The minimum Gasteiger partial charge on any atom is -0.384 e. The molecule has 0 aliphatic heterocycles. The fourth-order valence-electron chi connectivity index (χ4n) is 1.84. The highest BCUT2D eigenvalue weighted by Gasteiger charge is 2.35. The molecular formula is C14H9F5O. The van der Waals surface area contributed by atoms with Crippen molar-refractivity contribution in [2.75, 3.05) is 0 Å². The Morgan fingerprint density at radius 1 is 0.950 bits per heavy atom. The third-order valence-electron chi connectivity index (χ3n) is 2.79. The molecule has 2 aromatic carbocycles. The first-order chi connectivity index (χ1) is 9.30. The van der Waals surface area contributed by atoms with Gasteiger partial charge in [0.25, 0.3) is 0 Å². The van der Waals surface area contributed by atoms with Crippen LogP contribution in [0.25, 0.3) is 0 Å². The lowest BCUT2D eigenvalue weighted by molar-refractivity contribution is -0.140. The molecule has 0 saturated carbocycles. The second-order valence-corrected chi connectivity index (χ2v) is 4.16. The summed E-state index contributed by atoms with van der Waals surface area (Å²) in [6.45, 7) is 0. The van der Waals surface area contributed by atoms with Gasteiger partial charge in [0.15, 0.2) is 0 Å². The monoisotopic (exact) mass is 288 g/mol. The molecule has 0 aromatic heterocycles. The molecule has 2 rings (SSSR count). The Hall–Kier alpha value is -1.95. The Kier molecular flexibility index (Phi) is 3.76. The molecule has 1 atom stereocenters. The average Bonchev–Trinajstić information content (AvgIpc) is 2.37. The van der Waals surface area contributed by atoms with Crippen molar-refractivity contribution in [1.29, 1.82) is 0 Å². The highest BCUT2D eigenvalue weighted by Crippen LogP contribution is 2.35. The molecule has 1 nitrogen and oxygen atoms in total. The van der Waals surface area contributed by atoms with E-state index in [0.29, 0.717) is 6.07 Å². The number of aliphatic hydroxyl groups is 1. The quantitative estimate of drug-likeness (QED) is 0.826. The molecule has 0 aliphatic carbocycles. The zero-order chi connectivity index (χ0) is 14.9. The lowest BCUT2D eigenvalue weighted by atomic mass is 9.98. The van der Waals surface area contributed by atoms with Crippen molar-refractivity contribution < 1.29 is 27.1 Å². The molecule has 0 radical (unpaired) electrons. The van der Waals surface area contributed by atoms with Gasteiger partial charge in [0.05, 0.1) is 5.56 Å². The summed E-state index contributed by atoms with van der Waals surface area (Å²) < 4.78 is 64.6. The van der Waals surface area contributed by atoms with Crippen LogP contribution in [0, 0.1) is 11.6 Å². The van der Waals surface area contributed by atoms with E-state index in [1.807, 2.05) is 0 Å². The summed E-state index contributed by atoms with van der Waals surface area (Å²) in [5.41, 5.74) is -2.04. The van der Waals surface area contributed by atoms with Crippen molar-refractivity contribution in [1.82, 2.24) is 0 Å². The van der Waals surface area contributed by atoms with Gasteiger partial charge >= 0.3 is 6.18 Å². The van der Waals surface area contributed by atoms with Crippen LogP contribution in [0.1, 0.15) is 22.8 Å². The Labute approximate surface area is 111 Å². The van der Waals surface area contributed by atoms with Crippen LogP contribution in [0.2, 0.25) is 0 Å². The van der Waals surface area contributed by atoms with Gasteiger partial charge in [0, 0.05) is 5.56 Å². The Balaban J connectivity index is 2.48. The van der Waals surface area contributed by atoms with Crippen molar-refractivity contribution >= 4 is 0 Å². The van der Waals surface area contributed by atoms with Crippen LogP contribution >= 0.6 is 0 Å². The first kappa shape index (κ1) is 14.5. The number of rotatable bonds is 2. The summed E-state index contributed by atoms with van der Waals surface area (Å²) in [6, 6.07) is 7.22. The molecule has 0 bridgehead atoms. The second kappa shape index (κ2) is 5.20. The lowest BCUT2D eigenvalue weighted by Gasteiger charge is -2.16. The van der Waals surface area contributed by atoms with Gasteiger partial charge in [0.1, 0.15) is 17.7 Å². The van der Waals surface area contributed by atoms with Crippen molar-refractivity contribution in [2.24, 2.45) is 0 Å². The molecule has 0 amide bonds. The van der Waals surface area contributed by atoms with Crippen LogP contribution in [-0.4, -0.2) is 5.11 Å². The van der Waals surface area contributed by atoms with E-state index in [9.17, 15) is 27.1 Å². The van der Waals surface area contributed by atoms with Gasteiger partial charge in [-0.2, -0.15) is 13.2 Å². The van der Waals surface area contributed by atoms with Crippen molar-refractivity contribution in [3.63, 3.8) is 0 Å². The molecule has 1 N–H and O–H groups in total. The highest BCUT2D eigenvalue weighted by atomic mass is 19.4. The zero-order valence-corrected chi connectivity index (χ0v) is 9.96. The number of alkyl halides is 3. The first-order valence-electron chi connectivity index (χ1n) is 5.60. The average molecular weight is 288 g/mol. The van der Waals surface area contributed by atoms with Gasteiger partial charge in [-0.1, -0.05) is 24.3 Å². The van der Waals surface area contributed by atoms with Gasteiger partial charge in [-0.25, -0.2) is 8.78 Å². The second-order valence-electron chi connectivity index (χ2n) is 4.16. The molecule has 0 spiro atoms. The number of aliphatic hydroxyl groups excluding tert-OH is 1. The molecule has 0 heterocycles. The number of hydrogen-bond donors (Lipinski definition) is 1. The Morgan fingerprint density at radius 2 is 1.60 bits per heavy atom. The fraction of sp³-hybridized carbons (Fsp3) is 0.143.